The molecule has 13 nitrogen and oxygen atoms in total. The Morgan fingerprint density at radius 1 is 1.32 bits per heavy atom. The fourth-order valence-electron chi connectivity index (χ4n) is 2.97. The third-order valence-electron chi connectivity index (χ3n) is 4.27. The molecule has 154 valence electrons. The van der Waals surface area contributed by atoms with Crippen molar-refractivity contribution >= 4 is 36.2 Å². The first kappa shape index (κ1) is 20.9. The van der Waals surface area contributed by atoms with Crippen LogP contribution in [0.25, 0.3) is 0 Å². The molecule has 1 unspecified atom stereocenters. The third kappa shape index (κ3) is 4.66. The van der Waals surface area contributed by atoms with Crippen LogP contribution in [0.15, 0.2) is 0 Å². The molecule has 13 heteroatoms. The van der Waals surface area contributed by atoms with E-state index in [1.165, 1.54) is 0 Å². The SMILES string of the molecule is COC(=O)NN1CCC(=O)N2CCC[C@@H](C(=O)NC(C=O)CC(=O)O)N2C1=O. The van der Waals surface area contributed by atoms with Gasteiger partial charge in [-0.25, -0.2) is 30.0 Å². The number of amides is 5. The molecule has 0 radical (unpaired) electrons. The Labute approximate surface area is 159 Å². The minimum absolute atomic E-state index is 0.0868. The maximum atomic E-state index is 12.9. The number of hydrazine groups is 2. The highest BCUT2D eigenvalue weighted by Crippen LogP contribution is 2.23. The van der Waals surface area contributed by atoms with Gasteiger partial charge in [-0.05, 0) is 12.8 Å². The highest BCUT2D eigenvalue weighted by atomic mass is 16.5. The van der Waals surface area contributed by atoms with Crippen molar-refractivity contribution in [2.24, 2.45) is 0 Å². The molecule has 0 aromatic rings. The monoisotopic (exact) mass is 399 g/mol. The predicted octanol–water partition coefficient (Wildman–Crippen LogP) is -1.55. The van der Waals surface area contributed by atoms with Crippen LogP contribution in [-0.4, -0.2) is 88.6 Å². The molecular weight excluding hydrogens is 378 g/mol. The number of rotatable bonds is 6. The number of nitrogens with zero attached hydrogens (tertiary/aromatic N) is 3. The van der Waals surface area contributed by atoms with Gasteiger partial charge in [-0.3, -0.25) is 14.4 Å². The van der Waals surface area contributed by atoms with E-state index in [-0.39, 0.29) is 32.2 Å². The van der Waals surface area contributed by atoms with Gasteiger partial charge in [0.05, 0.1) is 26.1 Å². The fraction of sp³-hybridized carbons (Fsp3) is 0.600. The number of carbonyl (C=O) groups excluding carboxylic acids is 5. The second-order valence-electron chi connectivity index (χ2n) is 6.16. The van der Waals surface area contributed by atoms with Crippen LogP contribution in [0.3, 0.4) is 0 Å². The Balaban J connectivity index is 2.24. The quantitative estimate of drug-likeness (QED) is 0.451. The third-order valence-corrected chi connectivity index (χ3v) is 4.27. The molecule has 2 aliphatic heterocycles. The summed E-state index contributed by atoms with van der Waals surface area (Å²) in [6.07, 6.45) is -0.734. The van der Waals surface area contributed by atoms with Crippen molar-refractivity contribution in [3.63, 3.8) is 0 Å². The number of carboxylic acid groups (broad SMARTS) is 1. The number of ether oxygens (including phenoxy) is 1. The number of carbonyl (C=O) groups is 6. The molecule has 5 amide bonds. The molecule has 2 saturated heterocycles. The Morgan fingerprint density at radius 2 is 2.04 bits per heavy atom. The maximum absolute atomic E-state index is 12.9. The molecule has 2 aliphatic rings. The lowest BCUT2D eigenvalue weighted by atomic mass is 10.1. The van der Waals surface area contributed by atoms with Gasteiger partial charge in [0.25, 0.3) is 0 Å². The Kier molecular flexibility index (Phi) is 6.74. The zero-order valence-electron chi connectivity index (χ0n) is 15.1. The van der Waals surface area contributed by atoms with Crippen molar-refractivity contribution in [3.05, 3.63) is 0 Å². The molecule has 2 atom stereocenters. The van der Waals surface area contributed by atoms with Crippen molar-refractivity contribution < 1.29 is 38.6 Å². The standard InChI is InChI=1S/C15H21N5O8/c1-28-14(26)17-18-6-4-11(22)19-5-2-3-10(20(19)15(18)27)13(25)16-9(8-21)7-12(23)24/h8-10H,2-7H2,1H3,(H,16,25)(H,17,26)(H,23,24)/t9?,10-/m0/s1. The van der Waals surface area contributed by atoms with Gasteiger partial charge in [0, 0.05) is 13.0 Å². The van der Waals surface area contributed by atoms with Crippen LogP contribution < -0.4 is 10.7 Å². The maximum Gasteiger partial charge on any atom is 0.425 e. The zero-order valence-corrected chi connectivity index (χ0v) is 15.1. The molecular formula is C15H21N5O8. The normalized spacial score (nSPS) is 20.6. The number of nitrogens with one attached hydrogen (secondary N) is 2. The van der Waals surface area contributed by atoms with E-state index in [1.54, 1.807) is 0 Å². The van der Waals surface area contributed by atoms with E-state index in [0.717, 1.165) is 22.1 Å². The van der Waals surface area contributed by atoms with Crippen LogP contribution in [0.1, 0.15) is 25.7 Å². The summed E-state index contributed by atoms with van der Waals surface area (Å²) in [5, 5.41) is 14.0. The molecule has 2 rings (SSSR count). The number of aldehydes is 1. The molecule has 0 aliphatic carbocycles. The van der Waals surface area contributed by atoms with Gasteiger partial charge in [0.2, 0.25) is 11.8 Å². The minimum atomic E-state index is -1.28. The Hall–Kier alpha value is -3.38. The van der Waals surface area contributed by atoms with Crippen LogP contribution in [-0.2, 0) is 23.9 Å². The smallest absolute Gasteiger partial charge is 0.425 e. The van der Waals surface area contributed by atoms with Crippen LogP contribution in [0.2, 0.25) is 0 Å². The molecule has 0 aromatic heterocycles. The first-order chi connectivity index (χ1) is 13.3. The van der Waals surface area contributed by atoms with E-state index in [4.69, 9.17) is 5.11 Å². The molecule has 28 heavy (non-hydrogen) atoms. The largest absolute Gasteiger partial charge is 0.481 e. The molecule has 0 bridgehead atoms. The number of methoxy groups -OCH3 is 1. The summed E-state index contributed by atoms with van der Waals surface area (Å²) in [5.41, 5.74) is 2.19. The number of urea groups is 1. The lowest BCUT2D eigenvalue weighted by Crippen LogP contribution is -2.64. The van der Waals surface area contributed by atoms with Crippen molar-refractivity contribution in [2.75, 3.05) is 20.2 Å². The van der Waals surface area contributed by atoms with Gasteiger partial charge in [0.15, 0.2) is 0 Å². The number of aliphatic carboxylic acids is 1. The predicted molar refractivity (Wildman–Crippen MR) is 89.1 cm³/mol. The van der Waals surface area contributed by atoms with Crippen LogP contribution in [0, 0.1) is 0 Å². The first-order valence-corrected chi connectivity index (χ1v) is 8.51. The number of hydrogen-bond donors (Lipinski definition) is 3. The van der Waals surface area contributed by atoms with E-state index >= 15 is 0 Å². The number of fused-ring (bicyclic) bond motifs is 1. The highest BCUT2D eigenvalue weighted by Gasteiger charge is 2.44. The summed E-state index contributed by atoms with van der Waals surface area (Å²) in [4.78, 5) is 71.2. The van der Waals surface area contributed by atoms with Gasteiger partial charge in [-0.15, -0.1) is 0 Å². The van der Waals surface area contributed by atoms with Gasteiger partial charge < -0.3 is 20.0 Å². The number of carboxylic acids is 1. The molecule has 2 fully saturated rings. The summed E-state index contributed by atoms with van der Waals surface area (Å²) >= 11 is 0. The summed E-state index contributed by atoms with van der Waals surface area (Å²) in [6, 6.07) is -3.25. The minimum Gasteiger partial charge on any atom is -0.481 e. The summed E-state index contributed by atoms with van der Waals surface area (Å²) in [7, 11) is 1.11. The van der Waals surface area contributed by atoms with Gasteiger partial charge in [-0.1, -0.05) is 0 Å². The molecule has 2 heterocycles. The average molecular weight is 399 g/mol. The van der Waals surface area contributed by atoms with E-state index < -0.39 is 48.4 Å². The zero-order chi connectivity index (χ0) is 20.8. The van der Waals surface area contributed by atoms with Crippen LogP contribution in [0.4, 0.5) is 9.59 Å². The molecule has 0 aromatic carbocycles. The average Bonchev–Trinajstić information content (AvgIpc) is 2.78. The number of hydrogen-bond acceptors (Lipinski definition) is 7. The lowest BCUT2D eigenvalue weighted by molar-refractivity contribution is -0.155. The van der Waals surface area contributed by atoms with Crippen molar-refractivity contribution in [1.82, 2.24) is 25.8 Å². The summed E-state index contributed by atoms with van der Waals surface area (Å²) in [5.74, 6) is -2.47. The second kappa shape index (κ2) is 9.01. The van der Waals surface area contributed by atoms with Crippen molar-refractivity contribution in [3.8, 4) is 0 Å². The van der Waals surface area contributed by atoms with E-state index in [2.05, 4.69) is 15.5 Å². The van der Waals surface area contributed by atoms with E-state index in [1.807, 2.05) is 0 Å². The van der Waals surface area contributed by atoms with E-state index in [0.29, 0.717) is 6.42 Å². The summed E-state index contributed by atoms with van der Waals surface area (Å²) < 4.78 is 4.45. The highest BCUT2D eigenvalue weighted by molar-refractivity contribution is 5.92. The van der Waals surface area contributed by atoms with Crippen LogP contribution in [0.5, 0.6) is 0 Å². The van der Waals surface area contributed by atoms with E-state index in [9.17, 15) is 28.8 Å². The first-order valence-electron chi connectivity index (χ1n) is 8.51. The molecule has 0 spiro atoms. The second-order valence-corrected chi connectivity index (χ2v) is 6.16. The fourth-order valence-corrected chi connectivity index (χ4v) is 2.97. The summed E-state index contributed by atoms with van der Waals surface area (Å²) in [6.45, 7) is 0.0801. The Morgan fingerprint density at radius 3 is 2.64 bits per heavy atom. The van der Waals surface area contributed by atoms with Gasteiger partial charge in [0.1, 0.15) is 12.3 Å². The van der Waals surface area contributed by atoms with Gasteiger partial charge >= 0.3 is 18.1 Å². The topological polar surface area (TPSA) is 166 Å². The molecule has 0 saturated carbocycles. The van der Waals surface area contributed by atoms with Crippen molar-refractivity contribution in [1.29, 1.82) is 0 Å². The molecule has 3 N–H and O–H groups in total. The van der Waals surface area contributed by atoms with Crippen LogP contribution >= 0.6 is 0 Å². The van der Waals surface area contributed by atoms with Gasteiger partial charge in [-0.2, -0.15) is 0 Å². The lowest BCUT2D eigenvalue weighted by Gasteiger charge is -2.42. The Bertz CT molecular complexity index is 683. The van der Waals surface area contributed by atoms with Crippen molar-refractivity contribution in [2.45, 2.75) is 37.8 Å².